The Balaban J connectivity index is 0. The molecule has 0 spiro atoms. The summed E-state index contributed by atoms with van der Waals surface area (Å²) in [6.45, 7) is 35.0. The normalized spacial score (nSPS) is 12.3. The Hall–Kier alpha value is 0.197. The molecule has 0 amide bonds. The van der Waals surface area contributed by atoms with Gasteiger partial charge in [0.1, 0.15) is 0 Å². The van der Waals surface area contributed by atoms with E-state index in [4.69, 9.17) is 0 Å². The van der Waals surface area contributed by atoms with E-state index in [0.29, 0.717) is 15.1 Å². The average Bonchev–Trinajstić information content (AvgIpc) is 2.51. The molecule has 0 aliphatic carbocycles. The molecule has 1 aromatic rings. The van der Waals surface area contributed by atoms with Crippen molar-refractivity contribution in [3.63, 3.8) is 0 Å². The van der Waals surface area contributed by atoms with Crippen LogP contribution in [0.3, 0.4) is 0 Å². The Bertz CT molecular complexity index is 535. The molecular weight excluding hydrogens is 453 g/mol. The van der Waals surface area contributed by atoms with Crippen molar-refractivity contribution in [3.05, 3.63) is 28.8 Å². The Morgan fingerprint density at radius 3 is 1.03 bits per heavy atom. The number of benzene rings is 1. The molecule has 4 radical (unpaired) electrons. The second-order valence-electron chi connectivity index (χ2n) is 11.7. The summed E-state index contributed by atoms with van der Waals surface area (Å²) in [6, 6.07) is 8.85. The molecule has 0 atom stereocenters. The van der Waals surface area contributed by atoms with Gasteiger partial charge in [0.05, 0.1) is 8.80 Å². The van der Waals surface area contributed by atoms with Gasteiger partial charge in [-0.2, -0.15) is 0 Å². The van der Waals surface area contributed by atoms with Gasteiger partial charge in [0.2, 0.25) is 0 Å². The Morgan fingerprint density at radius 1 is 0.633 bits per heavy atom. The zero-order valence-corrected chi connectivity index (χ0v) is 27.8. The van der Waals surface area contributed by atoms with Gasteiger partial charge in [-0.3, -0.25) is 0 Å². The minimum atomic E-state index is -0.391. The summed E-state index contributed by atoms with van der Waals surface area (Å²) in [5.41, 5.74) is 4.23. The van der Waals surface area contributed by atoms with E-state index in [1.807, 2.05) is 0 Å². The van der Waals surface area contributed by atoms with Gasteiger partial charge < -0.3 is 0 Å². The van der Waals surface area contributed by atoms with E-state index in [1.165, 1.54) is 39.2 Å². The molecular formula is C27H54GeSi2. The van der Waals surface area contributed by atoms with Gasteiger partial charge >= 0.3 is 70.5 Å². The predicted octanol–water partition coefficient (Wildman–Crippen LogP) is 8.56. The van der Waals surface area contributed by atoms with Crippen LogP contribution < -0.4 is 4.40 Å². The number of hydrogen-bond donors (Lipinski definition) is 0. The maximum absolute atomic E-state index is 2.40. The standard InChI is InChI=1S/C12H27Si.C9H12Ge.C6H15Si/c1-10(2,3)13(11(4,5)6)12(7,8)9;1-6-4-7(2)9(10)8(3)5-6;1-4-7(5-2)6-3/h1-9H3;4-5,10H,1-3H3;4-6H2,1-3H3. The van der Waals surface area contributed by atoms with Gasteiger partial charge in [0, 0.05) is 8.80 Å². The van der Waals surface area contributed by atoms with Crippen molar-refractivity contribution in [1.29, 1.82) is 0 Å². The van der Waals surface area contributed by atoms with E-state index in [1.54, 1.807) is 16.5 Å². The SMILES string of the molecule is CC(C)(C)[Si](C(C)(C)C)C(C)(C)C.CC[Si](CC)CC.Cc1cc(C)[c]([GeH])c(C)c1. The second-order valence-corrected chi connectivity index (χ2v) is 21.8. The van der Waals surface area contributed by atoms with Crippen molar-refractivity contribution in [2.75, 3.05) is 0 Å². The third-order valence-electron chi connectivity index (χ3n) is 5.49. The van der Waals surface area contributed by atoms with Crippen molar-refractivity contribution in [3.8, 4) is 0 Å². The zero-order valence-electron chi connectivity index (χ0n) is 23.4. The van der Waals surface area contributed by atoms with Gasteiger partial charge in [-0.1, -0.05) is 101 Å². The monoisotopic (exact) mass is 508 g/mol. The van der Waals surface area contributed by atoms with Crippen LogP contribution >= 0.6 is 0 Å². The van der Waals surface area contributed by atoms with Crippen molar-refractivity contribution < 1.29 is 0 Å². The van der Waals surface area contributed by atoms with E-state index in [-0.39, 0.29) is 8.80 Å². The first kappa shape index (κ1) is 32.4. The van der Waals surface area contributed by atoms with Crippen molar-refractivity contribution in [1.82, 2.24) is 0 Å². The van der Waals surface area contributed by atoms with Crippen LogP contribution in [0.4, 0.5) is 0 Å². The number of rotatable bonds is 3. The van der Waals surface area contributed by atoms with Crippen LogP contribution in [-0.4, -0.2) is 34.1 Å². The van der Waals surface area contributed by atoms with E-state index in [2.05, 4.69) is 116 Å². The third kappa shape index (κ3) is 12.9. The molecule has 1 rings (SSSR count). The molecule has 0 aliphatic heterocycles. The average molecular weight is 508 g/mol. The summed E-state index contributed by atoms with van der Waals surface area (Å²) < 4.78 is 1.48. The summed E-state index contributed by atoms with van der Waals surface area (Å²) in [5.74, 6) is 0. The quantitative estimate of drug-likeness (QED) is 0.360. The molecule has 30 heavy (non-hydrogen) atoms. The first-order chi connectivity index (χ1) is 13.3. The van der Waals surface area contributed by atoms with E-state index >= 15 is 0 Å². The summed E-state index contributed by atoms with van der Waals surface area (Å²) in [5, 5.41) is 1.46. The van der Waals surface area contributed by atoms with Crippen molar-refractivity contribution in [2.24, 2.45) is 0 Å². The van der Waals surface area contributed by atoms with Crippen molar-refractivity contribution in [2.45, 2.75) is 137 Å². The fourth-order valence-corrected chi connectivity index (χ4v) is 13.9. The van der Waals surface area contributed by atoms with Crippen LogP contribution in [0.5, 0.6) is 0 Å². The van der Waals surface area contributed by atoms with Gasteiger partial charge in [0.25, 0.3) is 0 Å². The van der Waals surface area contributed by atoms with Crippen LogP contribution in [0.2, 0.25) is 33.2 Å². The zero-order chi connectivity index (χ0) is 24.5. The molecule has 0 N–H and O–H groups in total. The first-order valence-electron chi connectivity index (χ1n) is 11.9. The maximum atomic E-state index is 2.40. The molecule has 0 bridgehead atoms. The molecule has 0 fully saturated rings. The predicted molar refractivity (Wildman–Crippen MR) is 150 cm³/mol. The van der Waals surface area contributed by atoms with Crippen LogP contribution in [0.1, 0.15) is 99.8 Å². The van der Waals surface area contributed by atoms with Gasteiger partial charge in [0.15, 0.2) is 0 Å². The molecule has 0 aliphatic rings. The van der Waals surface area contributed by atoms with Crippen molar-refractivity contribution >= 4 is 38.5 Å². The van der Waals surface area contributed by atoms with Gasteiger partial charge in [-0.05, 0) is 15.1 Å². The Morgan fingerprint density at radius 2 is 0.900 bits per heavy atom. The van der Waals surface area contributed by atoms with E-state index < -0.39 is 8.80 Å². The fraction of sp³-hybridized carbons (Fsp3) is 0.778. The van der Waals surface area contributed by atoms with Gasteiger partial charge in [-0.15, -0.1) is 0 Å². The summed E-state index contributed by atoms with van der Waals surface area (Å²) in [6.07, 6.45) is 0. The van der Waals surface area contributed by atoms with E-state index in [9.17, 15) is 0 Å². The van der Waals surface area contributed by atoms with Crippen LogP contribution in [0.25, 0.3) is 0 Å². The van der Waals surface area contributed by atoms with Crippen LogP contribution in [0, 0.1) is 20.8 Å². The minimum absolute atomic E-state index is 0.137. The van der Waals surface area contributed by atoms with Crippen LogP contribution in [0.15, 0.2) is 12.1 Å². The Kier molecular flexibility index (Phi) is 14.8. The Labute approximate surface area is 203 Å². The van der Waals surface area contributed by atoms with Gasteiger partial charge in [-0.25, -0.2) is 0 Å². The molecule has 0 nitrogen and oxygen atoms in total. The second kappa shape index (κ2) is 13.7. The molecule has 174 valence electrons. The molecule has 0 aromatic heterocycles. The third-order valence-corrected chi connectivity index (χ3v) is 14.9. The summed E-state index contributed by atoms with van der Waals surface area (Å²) in [7, 11) is -0.254. The molecule has 0 heterocycles. The molecule has 3 heteroatoms. The molecule has 0 saturated carbocycles. The molecule has 0 unspecified atom stereocenters. The fourth-order valence-electron chi connectivity index (χ4n) is 5.32. The molecule has 0 saturated heterocycles. The number of hydrogen-bond acceptors (Lipinski definition) is 0. The number of aryl methyl sites for hydroxylation is 3. The first-order valence-corrected chi connectivity index (χ1v) is 16.7. The summed E-state index contributed by atoms with van der Waals surface area (Å²) in [4.78, 5) is 0. The van der Waals surface area contributed by atoms with E-state index in [0.717, 1.165) is 0 Å². The molecule has 1 aromatic carbocycles. The summed E-state index contributed by atoms with van der Waals surface area (Å²) >= 11 is 1.72. The van der Waals surface area contributed by atoms with Crippen LogP contribution in [-0.2, 0) is 0 Å². The topological polar surface area (TPSA) is 0 Å².